The number of halogens is 2. The van der Waals surface area contributed by atoms with Gasteiger partial charge in [0.25, 0.3) is 0 Å². The maximum atomic E-state index is 13.8. The average molecular weight is 421 g/mol. The predicted molar refractivity (Wildman–Crippen MR) is 123 cm³/mol. The smallest absolute Gasteiger partial charge is 0.140 e. The van der Waals surface area contributed by atoms with Gasteiger partial charge < -0.3 is 4.74 Å². The molecule has 1 nitrogen and oxygen atoms in total. The van der Waals surface area contributed by atoms with Crippen LogP contribution in [0.5, 0.6) is 5.75 Å². The molecule has 0 amide bonds. The molecular formula is C27H26ClFO. The summed E-state index contributed by atoms with van der Waals surface area (Å²) in [6, 6.07) is 21.0. The van der Waals surface area contributed by atoms with Crippen LogP contribution >= 0.6 is 11.6 Å². The standard InChI is InChI=1S/C27H26ClFO/c1-2-3-4-19-30-26-17-12-23(13-18-26)10-7-21-5-8-22(9-6-21)11-14-24-15-16-25(28)20-27(24)29/h5-6,8-9,12-13,15-18,20H,2-4,7,10,19H2,1H3. The van der Waals surface area contributed by atoms with Crippen LogP contribution in [0.3, 0.4) is 0 Å². The topological polar surface area (TPSA) is 9.23 Å². The molecular weight excluding hydrogens is 395 g/mol. The second-order valence-electron chi connectivity index (χ2n) is 7.27. The fraction of sp³-hybridized carbons (Fsp3) is 0.259. The summed E-state index contributed by atoms with van der Waals surface area (Å²) in [6.07, 6.45) is 5.44. The molecule has 3 rings (SSSR count). The van der Waals surface area contributed by atoms with Gasteiger partial charge in [0.2, 0.25) is 0 Å². The van der Waals surface area contributed by atoms with Crippen LogP contribution in [0.25, 0.3) is 0 Å². The van der Waals surface area contributed by atoms with Crippen LogP contribution in [-0.4, -0.2) is 6.61 Å². The molecule has 3 aromatic carbocycles. The van der Waals surface area contributed by atoms with E-state index < -0.39 is 5.82 Å². The van der Waals surface area contributed by atoms with E-state index in [9.17, 15) is 4.39 Å². The largest absolute Gasteiger partial charge is 0.494 e. The molecule has 0 heterocycles. The Hall–Kier alpha value is -2.76. The van der Waals surface area contributed by atoms with Crippen molar-refractivity contribution in [2.45, 2.75) is 39.0 Å². The first kappa shape index (κ1) is 21.9. The summed E-state index contributed by atoms with van der Waals surface area (Å²) in [6.45, 7) is 2.98. The van der Waals surface area contributed by atoms with Gasteiger partial charge in [-0.05, 0) is 72.9 Å². The summed E-state index contributed by atoms with van der Waals surface area (Å²) in [7, 11) is 0. The Labute approximate surface area is 183 Å². The average Bonchev–Trinajstić information content (AvgIpc) is 2.76. The van der Waals surface area contributed by atoms with Crippen LogP contribution in [0.1, 0.15) is 48.4 Å². The highest BCUT2D eigenvalue weighted by Gasteiger charge is 2.00. The quantitative estimate of drug-likeness (QED) is 0.276. The molecule has 0 fully saturated rings. The third kappa shape index (κ3) is 6.94. The van der Waals surface area contributed by atoms with Crippen molar-refractivity contribution in [3.05, 3.63) is 99.8 Å². The maximum absolute atomic E-state index is 13.8. The van der Waals surface area contributed by atoms with Gasteiger partial charge in [-0.3, -0.25) is 0 Å². The zero-order valence-corrected chi connectivity index (χ0v) is 18.0. The Morgan fingerprint density at radius 2 is 1.50 bits per heavy atom. The molecule has 0 saturated carbocycles. The minimum absolute atomic E-state index is 0.348. The van der Waals surface area contributed by atoms with Crippen LogP contribution < -0.4 is 4.74 Å². The number of rotatable bonds is 8. The van der Waals surface area contributed by atoms with Crippen LogP contribution in [0.2, 0.25) is 5.02 Å². The Kier molecular flexibility index (Phi) is 8.36. The van der Waals surface area contributed by atoms with Crippen molar-refractivity contribution >= 4 is 11.6 Å². The number of hydrogen-bond acceptors (Lipinski definition) is 1. The lowest BCUT2D eigenvalue weighted by molar-refractivity contribution is 0.306. The van der Waals surface area contributed by atoms with Crippen LogP contribution in [0.4, 0.5) is 4.39 Å². The molecule has 0 unspecified atom stereocenters. The van der Waals surface area contributed by atoms with E-state index in [1.807, 2.05) is 12.1 Å². The molecule has 0 atom stereocenters. The number of unbranched alkanes of at least 4 members (excludes halogenated alkanes) is 2. The zero-order valence-electron chi connectivity index (χ0n) is 17.3. The fourth-order valence-corrected chi connectivity index (χ4v) is 3.23. The first-order valence-corrected chi connectivity index (χ1v) is 10.8. The molecule has 3 aromatic rings. The minimum atomic E-state index is -0.399. The van der Waals surface area contributed by atoms with E-state index in [1.165, 1.54) is 30.0 Å². The highest BCUT2D eigenvalue weighted by Crippen LogP contribution is 2.16. The van der Waals surface area contributed by atoms with E-state index in [1.54, 1.807) is 12.1 Å². The summed E-state index contributed by atoms with van der Waals surface area (Å²) in [4.78, 5) is 0. The van der Waals surface area contributed by atoms with Gasteiger partial charge in [0.1, 0.15) is 11.6 Å². The molecule has 0 aliphatic rings. The van der Waals surface area contributed by atoms with Gasteiger partial charge in [-0.25, -0.2) is 4.39 Å². The molecule has 0 N–H and O–H groups in total. The van der Waals surface area contributed by atoms with Gasteiger partial charge in [0.05, 0.1) is 12.2 Å². The van der Waals surface area contributed by atoms with E-state index in [-0.39, 0.29) is 0 Å². The molecule has 0 bridgehead atoms. The van der Waals surface area contributed by atoms with Gasteiger partial charge in [-0.15, -0.1) is 0 Å². The Balaban J connectivity index is 1.51. The lowest BCUT2D eigenvalue weighted by Gasteiger charge is -2.07. The van der Waals surface area contributed by atoms with E-state index in [0.717, 1.165) is 37.2 Å². The summed E-state index contributed by atoms with van der Waals surface area (Å²) in [5, 5.41) is 0.372. The third-order valence-corrected chi connectivity index (χ3v) is 5.10. The highest BCUT2D eigenvalue weighted by atomic mass is 35.5. The van der Waals surface area contributed by atoms with E-state index in [0.29, 0.717) is 10.6 Å². The fourth-order valence-electron chi connectivity index (χ4n) is 3.07. The molecule has 0 radical (unpaired) electrons. The van der Waals surface area contributed by atoms with Crippen LogP contribution in [0.15, 0.2) is 66.7 Å². The highest BCUT2D eigenvalue weighted by molar-refractivity contribution is 6.30. The van der Waals surface area contributed by atoms with Crippen molar-refractivity contribution in [2.75, 3.05) is 6.61 Å². The predicted octanol–water partition coefficient (Wildman–Crippen LogP) is 7.23. The van der Waals surface area contributed by atoms with Crippen molar-refractivity contribution in [1.29, 1.82) is 0 Å². The van der Waals surface area contributed by atoms with Gasteiger partial charge in [0.15, 0.2) is 0 Å². The molecule has 0 spiro atoms. The molecule has 3 heteroatoms. The van der Waals surface area contributed by atoms with Crippen molar-refractivity contribution in [3.8, 4) is 17.6 Å². The Morgan fingerprint density at radius 3 is 2.13 bits per heavy atom. The third-order valence-electron chi connectivity index (χ3n) is 4.87. The van der Waals surface area contributed by atoms with E-state index >= 15 is 0 Å². The van der Waals surface area contributed by atoms with Gasteiger partial charge in [-0.2, -0.15) is 0 Å². The summed E-state index contributed by atoms with van der Waals surface area (Å²) >= 11 is 5.77. The van der Waals surface area contributed by atoms with Gasteiger partial charge in [-0.1, -0.05) is 67.5 Å². The van der Waals surface area contributed by atoms with E-state index in [4.69, 9.17) is 16.3 Å². The Morgan fingerprint density at radius 1 is 0.833 bits per heavy atom. The minimum Gasteiger partial charge on any atom is -0.494 e. The molecule has 30 heavy (non-hydrogen) atoms. The maximum Gasteiger partial charge on any atom is 0.140 e. The molecule has 0 saturated heterocycles. The number of benzene rings is 3. The van der Waals surface area contributed by atoms with Crippen LogP contribution in [-0.2, 0) is 12.8 Å². The summed E-state index contributed by atoms with van der Waals surface area (Å²) < 4.78 is 19.6. The van der Waals surface area contributed by atoms with Crippen molar-refractivity contribution in [1.82, 2.24) is 0 Å². The monoisotopic (exact) mass is 420 g/mol. The van der Waals surface area contributed by atoms with Crippen molar-refractivity contribution in [3.63, 3.8) is 0 Å². The number of aryl methyl sites for hydroxylation is 2. The molecule has 0 aliphatic heterocycles. The van der Waals surface area contributed by atoms with Crippen molar-refractivity contribution in [2.24, 2.45) is 0 Å². The lowest BCUT2D eigenvalue weighted by atomic mass is 10.0. The number of hydrogen-bond donors (Lipinski definition) is 0. The molecule has 154 valence electrons. The molecule has 0 aliphatic carbocycles. The van der Waals surface area contributed by atoms with E-state index in [2.05, 4.69) is 55.2 Å². The van der Waals surface area contributed by atoms with Gasteiger partial charge in [0, 0.05) is 10.6 Å². The second kappa shape index (κ2) is 11.4. The lowest BCUT2D eigenvalue weighted by Crippen LogP contribution is -1.97. The van der Waals surface area contributed by atoms with Gasteiger partial charge >= 0.3 is 0 Å². The summed E-state index contributed by atoms with van der Waals surface area (Å²) in [5.74, 6) is 6.41. The zero-order chi connectivity index (χ0) is 21.2. The SMILES string of the molecule is CCCCCOc1ccc(CCc2ccc(C#Cc3ccc(Cl)cc3F)cc2)cc1. The Bertz CT molecular complexity index is 998. The molecule has 0 aromatic heterocycles. The van der Waals surface area contributed by atoms with Crippen LogP contribution in [0, 0.1) is 17.7 Å². The second-order valence-corrected chi connectivity index (χ2v) is 7.71. The normalized spacial score (nSPS) is 10.4. The first-order valence-electron chi connectivity index (χ1n) is 10.4. The number of ether oxygens (including phenoxy) is 1. The first-order chi connectivity index (χ1) is 14.6. The van der Waals surface area contributed by atoms with Crippen molar-refractivity contribution < 1.29 is 9.13 Å². The summed E-state index contributed by atoms with van der Waals surface area (Å²) in [5.41, 5.74) is 3.75.